The first-order chi connectivity index (χ1) is 12.1. The van der Waals surface area contributed by atoms with Crippen LogP contribution >= 0.6 is 11.3 Å². The van der Waals surface area contributed by atoms with Crippen LogP contribution in [0.25, 0.3) is 10.6 Å². The van der Waals surface area contributed by atoms with Crippen molar-refractivity contribution in [3.63, 3.8) is 0 Å². The topological polar surface area (TPSA) is 88.0 Å². The number of thiazole rings is 1. The van der Waals surface area contributed by atoms with E-state index in [2.05, 4.69) is 20.3 Å². The first-order valence-corrected chi connectivity index (χ1v) is 8.75. The van der Waals surface area contributed by atoms with E-state index in [0.717, 1.165) is 32.8 Å². The summed E-state index contributed by atoms with van der Waals surface area (Å²) in [5.41, 5.74) is 1.96. The number of rotatable bonds is 7. The molecule has 3 aromatic heterocycles. The average molecular weight is 354 g/mol. The molecule has 0 saturated heterocycles. The molecule has 25 heavy (non-hydrogen) atoms. The van der Waals surface area contributed by atoms with Gasteiger partial charge in [0, 0.05) is 18.8 Å². The van der Waals surface area contributed by atoms with E-state index in [0.29, 0.717) is 12.8 Å². The molecule has 0 unspecified atom stereocenters. The van der Waals surface area contributed by atoms with E-state index in [1.807, 2.05) is 37.3 Å². The molecule has 0 spiro atoms. The monoisotopic (exact) mass is 354 g/mol. The molecule has 3 aromatic rings. The van der Waals surface area contributed by atoms with Crippen molar-refractivity contribution in [2.75, 3.05) is 5.32 Å². The van der Waals surface area contributed by atoms with Gasteiger partial charge in [0.15, 0.2) is 0 Å². The zero-order valence-electron chi connectivity index (χ0n) is 13.8. The van der Waals surface area contributed by atoms with Gasteiger partial charge in [-0.3, -0.25) is 4.79 Å². The summed E-state index contributed by atoms with van der Waals surface area (Å²) in [5, 5.41) is 12.8. The first-order valence-electron chi connectivity index (χ1n) is 7.94. The molecule has 0 aliphatic carbocycles. The number of aliphatic carboxylic acids is 1. The molecule has 0 saturated carbocycles. The number of aryl methyl sites for hydroxylation is 2. The highest BCUT2D eigenvalue weighted by Crippen LogP contribution is 2.27. The number of anilines is 2. The third kappa shape index (κ3) is 4.84. The number of nitrogens with zero attached hydrogens (tertiary/aromatic N) is 3. The number of hydrogen-bond acceptors (Lipinski definition) is 6. The van der Waals surface area contributed by atoms with Crippen LogP contribution in [0.4, 0.5) is 11.6 Å². The fraction of sp³-hybridized carbons (Fsp3) is 0.222. The fourth-order valence-corrected chi connectivity index (χ4v) is 3.24. The van der Waals surface area contributed by atoms with Crippen molar-refractivity contribution in [2.45, 2.75) is 26.2 Å². The molecular weight excluding hydrogens is 336 g/mol. The molecule has 2 N–H and O–H groups in total. The molecular formula is C18H18N4O2S. The Morgan fingerprint density at radius 3 is 2.92 bits per heavy atom. The molecule has 128 valence electrons. The predicted octanol–water partition coefficient (Wildman–Crippen LogP) is 4.06. The number of hydrogen-bond donors (Lipinski definition) is 2. The van der Waals surface area contributed by atoms with E-state index in [-0.39, 0.29) is 6.42 Å². The molecule has 0 radical (unpaired) electrons. The van der Waals surface area contributed by atoms with Crippen LogP contribution in [0.15, 0.2) is 42.7 Å². The Labute approximate surface area is 149 Å². The van der Waals surface area contributed by atoms with Gasteiger partial charge >= 0.3 is 5.97 Å². The standard InChI is InChI=1S/C18H18N4O2S/c1-12-8-9-19-16(10-12)22-15-5-2-4-13(21-15)14-11-20-17(25-14)6-3-7-18(23)24/h2,4-5,8-11H,3,6-7H2,1H3,(H,23,24)(H,19,21,22). The molecule has 0 amide bonds. The van der Waals surface area contributed by atoms with Gasteiger partial charge < -0.3 is 10.4 Å². The minimum atomic E-state index is -0.776. The summed E-state index contributed by atoms with van der Waals surface area (Å²) in [4.78, 5) is 24.8. The fourth-order valence-electron chi connectivity index (χ4n) is 2.31. The Kier molecular flexibility index (Phi) is 5.35. The number of carboxylic acid groups (broad SMARTS) is 1. The van der Waals surface area contributed by atoms with Crippen LogP contribution < -0.4 is 5.32 Å². The Morgan fingerprint density at radius 2 is 2.12 bits per heavy atom. The normalized spacial score (nSPS) is 10.6. The Bertz CT molecular complexity index is 879. The lowest BCUT2D eigenvalue weighted by Gasteiger charge is -2.06. The Morgan fingerprint density at radius 1 is 1.24 bits per heavy atom. The summed E-state index contributed by atoms with van der Waals surface area (Å²) in [6.07, 6.45) is 4.97. The lowest BCUT2D eigenvalue weighted by Crippen LogP contribution is -1.96. The molecule has 0 atom stereocenters. The van der Waals surface area contributed by atoms with E-state index in [1.165, 1.54) is 0 Å². The van der Waals surface area contributed by atoms with Gasteiger partial charge in [-0.15, -0.1) is 11.3 Å². The van der Waals surface area contributed by atoms with Crippen LogP contribution in [-0.4, -0.2) is 26.0 Å². The Hall–Kier alpha value is -2.80. The highest BCUT2D eigenvalue weighted by atomic mass is 32.1. The van der Waals surface area contributed by atoms with Gasteiger partial charge in [-0.05, 0) is 49.6 Å². The highest BCUT2D eigenvalue weighted by Gasteiger charge is 2.08. The van der Waals surface area contributed by atoms with Gasteiger partial charge in [-0.25, -0.2) is 15.0 Å². The summed E-state index contributed by atoms with van der Waals surface area (Å²) in [6.45, 7) is 2.01. The van der Waals surface area contributed by atoms with Crippen molar-refractivity contribution in [3.05, 3.63) is 53.3 Å². The second kappa shape index (κ2) is 7.85. The van der Waals surface area contributed by atoms with Crippen LogP contribution in [-0.2, 0) is 11.2 Å². The second-order valence-corrected chi connectivity index (χ2v) is 6.73. The maximum absolute atomic E-state index is 10.6. The van der Waals surface area contributed by atoms with Crippen molar-refractivity contribution in [1.29, 1.82) is 0 Å². The summed E-state index contributed by atoms with van der Waals surface area (Å²) in [5.74, 6) is 0.696. The quantitative estimate of drug-likeness (QED) is 0.665. The summed E-state index contributed by atoms with van der Waals surface area (Å²) in [6, 6.07) is 9.66. The number of pyridine rings is 2. The van der Waals surface area contributed by atoms with E-state index < -0.39 is 5.97 Å². The summed E-state index contributed by atoms with van der Waals surface area (Å²) < 4.78 is 0. The third-order valence-electron chi connectivity index (χ3n) is 3.51. The molecule has 0 bridgehead atoms. The zero-order chi connectivity index (χ0) is 17.6. The van der Waals surface area contributed by atoms with Crippen LogP contribution in [0.3, 0.4) is 0 Å². The van der Waals surface area contributed by atoms with Crippen molar-refractivity contribution in [3.8, 4) is 10.6 Å². The van der Waals surface area contributed by atoms with Gasteiger partial charge in [-0.2, -0.15) is 0 Å². The first kappa shape index (κ1) is 17.0. The number of carboxylic acids is 1. The van der Waals surface area contributed by atoms with Gasteiger partial charge in [0.2, 0.25) is 0 Å². The molecule has 3 rings (SSSR count). The zero-order valence-corrected chi connectivity index (χ0v) is 14.6. The minimum Gasteiger partial charge on any atom is -0.481 e. The molecule has 0 aliphatic rings. The largest absolute Gasteiger partial charge is 0.481 e. The Balaban J connectivity index is 1.71. The number of aromatic nitrogens is 3. The number of carbonyl (C=O) groups is 1. The molecule has 0 aromatic carbocycles. The molecule has 0 fully saturated rings. The average Bonchev–Trinajstić information content (AvgIpc) is 3.04. The van der Waals surface area contributed by atoms with Crippen LogP contribution in [0.1, 0.15) is 23.4 Å². The van der Waals surface area contributed by atoms with Crippen LogP contribution in [0.2, 0.25) is 0 Å². The smallest absolute Gasteiger partial charge is 0.303 e. The van der Waals surface area contributed by atoms with Crippen molar-refractivity contribution >= 4 is 28.9 Å². The predicted molar refractivity (Wildman–Crippen MR) is 98.2 cm³/mol. The second-order valence-electron chi connectivity index (χ2n) is 5.62. The maximum Gasteiger partial charge on any atom is 0.303 e. The van der Waals surface area contributed by atoms with Crippen molar-refractivity contribution in [2.24, 2.45) is 0 Å². The molecule has 0 aliphatic heterocycles. The van der Waals surface area contributed by atoms with Crippen LogP contribution in [0, 0.1) is 6.92 Å². The molecule has 6 nitrogen and oxygen atoms in total. The third-order valence-corrected chi connectivity index (χ3v) is 4.59. The summed E-state index contributed by atoms with van der Waals surface area (Å²) >= 11 is 1.55. The van der Waals surface area contributed by atoms with Gasteiger partial charge in [0.1, 0.15) is 11.6 Å². The van der Waals surface area contributed by atoms with E-state index in [1.54, 1.807) is 23.7 Å². The van der Waals surface area contributed by atoms with Crippen molar-refractivity contribution in [1.82, 2.24) is 15.0 Å². The molecule has 3 heterocycles. The minimum absolute atomic E-state index is 0.163. The lowest BCUT2D eigenvalue weighted by molar-refractivity contribution is -0.137. The molecule has 7 heteroatoms. The van der Waals surface area contributed by atoms with Crippen molar-refractivity contribution < 1.29 is 9.90 Å². The maximum atomic E-state index is 10.6. The number of nitrogens with one attached hydrogen (secondary N) is 1. The summed E-state index contributed by atoms with van der Waals surface area (Å²) in [7, 11) is 0. The lowest BCUT2D eigenvalue weighted by atomic mass is 10.2. The van der Waals surface area contributed by atoms with Crippen LogP contribution in [0.5, 0.6) is 0 Å². The van der Waals surface area contributed by atoms with Gasteiger partial charge in [0.05, 0.1) is 15.6 Å². The van der Waals surface area contributed by atoms with E-state index in [4.69, 9.17) is 5.11 Å². The van der Waals surface area contributed by atoms with Gasteiger partial charge in [0.25, 0.3) is 0 Å². The van der Waals surface area contributed by atoms with E-state index >= 15 is 0 Å². The SMILES string of the molecule is Cc1ccnc(Nc2cccc(-c3cnc(CCCC(=O)O)s3)n2)c1. The van der Waals surface area contributed by atoms with Gasteiger partial charge in [-0.1, -0.05) is 6.07 Å². The van der Waals surface area contributed by atoms with E-state index in [9.17, 15) is 4.79 Å². The highest BCUT2D eigenvalue weighted by molar-refractivity contribution is 7.15.